The number of thiocarbonyl (C=S) groups is 1. The molecule has 9 heteroatoms. The number of benzene rings is 1. The minimum atomic E-state index is -0.283. The molecule has 2 aromatic heterocycles. The summed E-state index contributed by atoms with van der Waals surface area (Å²) in [4.78, 5) is 18.2. The number of nitrogens with one attached hydrogen (secondary N) is 2. The van der Waals surface area contributed by atoms with Crippen LogP contribution in [0.2, 0.25) is 5.02 Å². The summed E-state index contributed by atoms with van der Waals surface area (Å²) >= 11 is 12.1. The Bertz CT molecular complexity index is 1050. The van der Waals surface area contributed by atoms with Crippen molar-refractivity contribution in [2.75, 3.05) is 23.9 Å². The zero-order chi connectivity index (χ0) is 21.1. The van der Waals surface area contributed by atoms with Crippen molar-refractivity contribution in [3.8, 4) is 0 Å². The van der Waals surface area contributed by atoms with Crippen molar-refractivity contribution in [1.29, 1.82) is 0 Å². The van der Waals surface area contributed by atoms with Crippen LogP contribution >= 0.6 is 23.8 Å². The predicted octanol–water partition coefficient (Wildman–Crippen LogP) is 4.09. The van der Waals surface area contributed by atoms with E-state index in [1.807, 2.05) is 41.3 Å². The molecule has 0 unspecified atom stereocenters. The van der Waals surface area contributed by atoms with Crippen molar-refractivity contribution in [2.24, 2.45) is 0 Å². The Labute approximate surface area is 184 Å². The minimum absolute atomic E-state index is 0.0511. The number of furan rings is 1. The molecule has 4 rings (SSSR count). The highest BCUT2D eigenvalue weighted by Gasteiger charge is 2.42. The average molecular weight is 443 g/mol. The quantitative estimate of drug-likeness (QED) is 0.556. The molecule has 1 aromatic carbocycles. The number of nitrogens with zero attached hydrogens (tertiary/aromatic N) is 2. The molecule has 0 spiro atoms. The van der Waals surface area contributed by atoms with Crippen LogP contribution in [0.25, 0.3) is 0 Å². The number of aromatic nitrogens is 1. The SMILES string of the molecule is COCC(=O)Nc1ccc(N2C(=S)N[C@H](c3ccccn3)[C@H]2c2ccco2)cc1Cl. The van der Waals surface area contributed by atoms with Gasteiger partial charge in [0.25, 0.3) is 0 Å². The van der Waals surface area contributed by atoms with Gasteiger partial charge in [-0.25, -0.2) is 0 Å². The fraction of sp³-hybridized carbons (Fsp3) is 0.190. The first-order chi connectivity index (χ1) is 14.6. The van der Waals surface area contributed by atoms with E-state index in [9.17, 15) is 4.79 Å². The zero-order valence-corrected chi connectivity index (χ0v) is 17.6. The van der Waals surface area contributed by atoms with E-state index in [1.54, 1.807) is 24.6 Å². The lowest BCUT2D eigenvalue weighted by molar-refractivity contribution is -0.119. The van der Waals surface area contributed by atoms with Crippen LogP contribution in [0.3, 0.4) is 0 Å². The molecule has 1 aliphatic heterocycles. The molecule has 3 aromatic rings. The molecule has 2 atom stereocenters. The third-order valence-electron chi connectivity index (χ3n) is 4.71. The fourth-order valence-electron chi connectivity index (χ4n) is 3.45. The number of methoxy groups -OCH3 is 1. The van der Waals surface area contributed by atoms with E-state index < -0.39 is 0 Å². The molecule has 3 heterocycles. The topological polar surface area (TPSA) is 79.6 Å². The lowest BCUT2D eigenvalue weighted by atomic mass is 10.0. The summed E-state index contributed by atoms with van der Waals surface area (Å²) in [7, 11) is 1.46. The molecule has 1 aliphatic rings. The molecule has 1 fully saturated rings. The Morgan fingerprint density at radius 1 is 1.33 bits per heavy atom. The lowest BCUT2D eigenvalue weighted by Crippen LogP contribution is -2.29. The second-order valence-corrected chi connectivity index (χ2v) is 7.45. The molecule has 1 amide bonds. The lowest BCUT2D eigenvalue weighted by Gasteiger charge is -2.26. The predicted molar refractivity (Wildman–Crippen MR) is 119 cm³/mol. The second-order valence-electron chi connectivity index (χ2n) is 6.66. The summed E-state index contributed by atoms with van der Waals surface area (Å²) in [6.07, 6.45) is 3.38. The Kier molecular flexibility index (Phi) is 5.98. The Morgan fingerprint density at radius 3 is 2.87 bits per heavy atom. The van der Waals surface area contributed by atoms with Crippen molar-refractivity contribution in [3.63, 3.8) is 0 Å². The van der Waals surface area contributed by atoms with Crippen LogP contribution < -0.4 is 15.5 Å². The Balaban J connectivity index is 1.69. The number of amides is 1. The van der Waals surface area contributed by atoms with Crippen LogP contribution in [-0.2, 0) is 9.53 Å². The van der Waals surface area contributed by atoms with Crippen LogP contribution in [0.15, 0.2) is 65.4 Å². The monoisotopic (exact) mass is 442 g/mol. The van der Waals surface area contributed by atoms with E-state index in [-0.39, 0.29) is 24.6 Å². The third-order valence-corrected chi connectivity index (χ3v) is 5.34. The van der Waals surface area contributed by atoms with Crippen LogP contribution in [0.1, 0.15) is 23.5 Å². The van der Waals surface area contributed by atoms with Gasteiger partial charge in [-0.3, -0.25) is 9.78 Å². The summed E-state index contributed by atoms with van der Waals surface area (Å²) in [6, 6.07) is 14.4. The Morgan fingerprint density at radius 2 is 2.20 bits per heavy atom. The number of hydrogen-bond acceptors (Lipinski definition) is 5. The van der Waals surface area contributed by atoms with Gasteiger partial charge in [0, 0.05) is 19.0 Å². The van der Waals surface area contributed by atoms with Gasteiger partial charge >= 0.3 is 0 Å². The third kappa shape index (κ3) is 4.02. The maximum atomic E-state index is 11.8. The first-order valence-electron chi connectivity index (χ1n) is 9.21. The van der Waals surface area contributed by atoms with Crippen LogP contribution in [0.4, 0.5) is 11.4 Å². The van der Waals surface area contributed by atoms with Crippen molar-refractivity contribution < 1.29 is 13.9 Å². The summed E-state index contributed by atoms with van der Waals surface area (Å²) in [6.45, 7) is -0.0511. The number of hydrogen-bond donors (Lipinski definition) is 2. The van der Waals surface area contributed by atoms with E-state index in [1.165, 1.54) is 7.11 Å². The molecule has 0 aliphatic carbocycles. The summed E-state index contributed by atoms with van der Waals surface area (Å²) in [5.74, 6) is 0.459. The number of carbonyl (C=O) groups excluding carboxylic acids is 1. The van der Waals surface area contributed by atoms with Crippen molar-refractivity contribution >= 4 is 46.2 Å². The fourth-order valence-corrected chi connectivity index (χ4v) is 4.02. The van der Waals surface area contributed by atoms with Gasteiger partial charge in [-0.05, 0) is 54.7 Å². The highest BCUT2D eigenvalue weighted by molar-refractivity contribution is 7.80. The number of pyridine rings is 1. The minimum Gasteiger partial charge on any atom is -0.467 e. The van der Waals surface area contributed by atoms with E-state index in [4.69, 9.17) is 33.0 Å². The summed E-state index contributed by atoms with van der Waals surface area (Å²) in [5, 5.41) is 6.98. The van der Waals surface area contributed by atoms with Gasteiger partial charge in [-0.2, -0.15) is 0 Å². The van der Waals surface area contributed by atoms with E-state index >= 15 is 0 Å². The first kappa shape index (κ1) is 20.3. The standard InChI is InChI=1S/C21H19ClN4O3S/c1-28-12-18(27)24-15-8-7-13(11-14(15)22)26-20(17-6-4-10-29-17)19(25-21(26)30)16-5-2-3-9-23-16/h2-11,19-20H,12H2,1H3,(H,24,27)(H,25,30)/t19-,20-/m1/s1. The maximum Gasteiger partial charge on any atom is 0.250 e. The molecule has 7 nitrogen and oxygen atoms in total. The van der Waals surface area contributed by atoms with Gasteiger partial charge in [0.2, 0.25) is 5.91 Å². The largest absolute Gasteiger partial charge is 0.467 e. The van der Waals surface area contributed by atoms with E-state index in [2.05, 4.69) is 15.6 Å². The molecule has 0 bridgehead atoms. The Hall–Kier alpha value is -2.94. The maximum absolute atomic E-state index is 11.8. The van der Waals surface area contributed by atoms with E-state index in [0.29, 0.717) is 15.8 Å². The molecule has 0 saturated carbocycles. The van der Waals surface area contributed by atoms with Crippen LogP contribution in [0.5, 0.6) is 0 Å². The summed E-state index contributed by atoms with van der Waals surface area (Å²) in [5.41, 5.74) is 2.11. The first-order valence-corrected chi connectivity index (χ1v) is 9.99. The van der Waals surface area contributed by atoms with Crippen LogP contribution in [0, 0.1) is 0 Å². The molecule has 30 heavy (non-hydrogen) atoms. The van der Waals surface area contributed by atoms with Gasteiger partial charge in [0.15, 0.2) is 5.11 Å². The van der Waals surface area contributed by atoms with E-state index in [0.717, 1.165) is 17.1 Å². The number of carbonyl (C=O) groups is 1. The average Bonchev–Trinajstić information content (AvgIpc) is 3.38. The highest BCUT2D eigenvalue weighted by atomic mass is 35.5. The zero-order valence-electron chi connectivity index (χ0n) is 16.0. The summed E-state index contributed by atoms with van der Waals surface area (Å²) < 4.78 is 10.6. The molecular weight excluding hydrogens is 424 g/mol. The van der Waals surface area contributed by atoms with Crippen molar-refractivity contribution in [2.45, 2.75) is 12.1 Å². The molecule has 0 radical (unpaired) electrons. The molecule has 1 saturated heterocycles. The number of ether oxygens (including phenoxy) is 1. The van der Waals surface area contributed by atoms with Crippen molar-refractivity contribution in [1.82, 2.24) is 10.3 Å². The number of anilines is 2. The molecule has 2 N–H and O–H groups in total. The molecular formula is C21H19ClN4O3S. The smallest absolute Gasteiger partial charge is 0.250 e. The van der Waals surface area contributed by atoms with Crippen molar-refractivity contribution in [3.05, 3.63) is 77.5 Å². The second kappa shape index (κ2) is 8.83. The van der Waals surface area contributed by atoms with Gasteiger partial charge in [-0.1, -0.05) is 17.7 Å². The number of rotatable bonds is 6. The highest BCUT2D eigenvalue weighted by Crippen LogP contribution is 2.42. The van der Waals surface area contributed by atoms with Crippen LogP contribution in [-0.4, -0.2) is 29.7 Å². The normalized spacial score (nSPS) is 18.3. The van der Waals surface area contributed by atoms with Gasteiger partial charge < -0.3 is 24.7 Å². The van der Waals surface area contributed by atoms with Gasteiger partial charge in [0.05, 0.1) is 28.7 Å². The van der Waals surface area contributed by atoms with Gasteiger partial charge in [-0.15, -0.1) is 0 Å². The van der Waals surface area contributed by atoms with Gasteiger partial charge in [0.1, 0.15) is 18.4 Å². The molecule has 154 valence electrons. The number of halogens is 1.